The second-order valence-corrected chi connectivity index (χ2v) is 7.90. The minimum atomic E-state index is -0.812. The fourth-order valence-corrected chi connectivity index (χ4v) is 3.81. The van der Waals surface area contributed by atoms with Crippen LogP contribution in [-0.4, -0.2) is 35.0 Å². The molecule has 7 heteroatoms. The molecule has 0 radical (unpaired) electrons. The Hall–Kier alpha value is -4.13. The van der Waals surface area contributed by atoms with E-state index in [-0.39, 0.29) is 24.0 Å². The second kappa shape index (κ2) is 9.56. The lowest BCUT2D eigenvalue weighted by atomic mass is 10.0. The van der Waals surface area contributed by atoms with Crippen molar-refractivity contribution in [2.45, 2.75) is 18.9 Å². The van der Waals surface area contributed by atoms with Crippen LogP contribution >= 0.6 is 0 Å². The number of rotatable bonds is 7. The summed E-state index contributed by atoms with van der Waals surface area (Å²) in [6, 6.07) is 19.1. The van der Waals surface area contributed by atoms with E-state index in [2.05, 4.69) is 10.3 Å². The normalized spacial score (nSPS) is 11.8. The Balaban J connectivity index is 1.54. The lowest BCUT2D eigenvalue weighted by Gasteiger charge is -2.25. The highest BCUT2D eigenvalue weighted by molar-refractivity contribution is 5.99. The number of anilines is 1. The molecule has 33 heavy (non-hydrogen) atoms. The number of amides is 2. The topological polar surface area (TPSA) is 85.4 Å². The zero-order valence-electron chi connectivity index (χ0n) is 18.1. The maximum Gasteiger partial charge on any atom is 0.249 e. The van der Waals surface area contributed by atoms with Gasteiger partial charge in [0.15, 0.2) is 0 Å². The van der Waals surface area contributed by atoms with Gasteiger partial charge in [-0.05, 0) is 53.6 Å². The average Bonchev–Trinajstić information content (AvgIpc) is 3.20. The number of hydrogen-bond acceptors (Lipinski definition) is 3. The molecule has 0 unspecified atom stereocenters. The summed E-state index contributed by atoms with van der Waals surface area (Å²) in [5.41, 5.74) is 2.96. The second-order valence-electron chi connectivity index (χ2n) is 7.90. The van der Waals surface area contributed by atoms with E-state index in [4.69, 9.17) is 0 Å². The summed E-state index contributed by atoms with van der Waals surface area (Å²) in [6.07, 6.45) is 2.08. The van der Waals surface area contributed by atoms with E-state index in [1.807, 2.05) is 30.3 Å². The van der Waals surface area contributed by atoms with E-state index in [0.29, 0.717) is 12.1 Å². The van der Waals surface area contributed by atoms with E-state index in [0.717, 1.165) is 22.0 Å². The summed E-state index contributed by atoms with van der Waals surface area (Å²) in [7, 11) is 1.60. The number of aromatic hydroxyl groups is 1. The van der Waals surface area contributed by atoms with Crippen LogP contribution in [0.15, 0.2) is 79.0 Å². The molecule has 0 aliphatic heterocycles. The van der Waals surface area contributed by atoms with E-state index in [9.17, 15) is 19.1 Å². The SMILES string of the molecule is CN(C(=O)[C@H](Cc1ccccc1)NC(=O)Cc1c[nH]c2ccc(O)cc12)c1ccc(F)cc1. The third kappa shape index (κ3) is 5.20. The number of benzene rings is 3. The van der Waals surface area contributed by atoms with Crippen LogP contribution in [0.4, 0.5) is 10.1 Å². The number of likely N-dealkylation sites (N-methyl/N-ethyl adjacent to an activating group) is 1. The third-order valence-corrected chi connectivity index (χ3v) is 5.56. The van der Waals surface area contributed by atoms with Crippen LogP contribution in [0.1, 0.15) is 11.1 Å². The molecule has 0 saturated carbocycles. The van der Waals surface area contributed by atoms with Gasteiger partial charge in [0, 0.05) is 36.3 Å². The van der Waals surface area contributed by atoms with Crippen LogP contribution in [0.3, 0.4) is 0 Å². The van der Waals surface area contributed by atoms with Gasteiger partial charge >= 0.3 is 0 Å². The molecule has 1 atom stereocenters. The molecule has 2 amide bonds. The number of nitrogens with zero attached hydrogens (tertiary/aromatic N) is 1. The summed E-state index contributed by atoms with van der Waals surface area (Å²) >= 11 is 0. The maximum absolute atomic E-state index is 13.3. The van der Waals surface area contributed by atoms with Crippen molar-refractivity contribution in [3.05, 3.63) is 95.9 Å². The summed E-state index contributed by atoms with van der Waals surface area (Å²) in [4.78, 5) is 30.7. The highest BCUT2D eigenvalue weighted by Crippen LogP contribution is 2.23. The van der Waals surface area contributed by atoms with Crippen molar-refractivity contribution in [1.29, 1.82) is 0 Å². The van der Waals surface area contributed by atoms with E-state index in [1.54, 1.807) is 31.4 Å². The summed E-state index contributed by atoms with van der Waals surface area (Å²) in [6.45, 7) is 0. The molecule has 3 aromatic carbocycles. The Morgan fingerprint density at radius 3 is 2.52 bits per heavy atom. The minimum absolute atomic E-state index is 0.0439. The van der Waals surface area contributed by atoms with Crippen molar-refractivity contribution in [2.24, 2.45) is 0 Å². The predicted molar refractivity (Wildman–Crippen MR) is 126 cm³/mol. The Kier molecular flexibility index (Phi) is 6.40. The molecule has 6 nitrogen and oxygen atoms in total. The van der Waals surface area contributed by atoms with Crippen LogP contribution in [-0.2, 0) is 22.4 Å². The predicted octanol–water partition coefficient (Wildman–Crippen LogP) is 3.95. The van der Waals surface area contributed by atoms with Gasteiger partial charge in [-0.2, -0.15) is 0 Å². The fourth-order valence-electron chi connectivity index (χ4n) is 3.81. The van der Waals surface area contributed by atoms with Gasteiger partial charge in [0.2, 0.25) is 11.8 Å². The van der Waals surface area contributed by atoms with Crippen molar-refractivity contribution in [3.8, 4) is 5.75 Å². The third-order valence-electron chi connectivity index (χ3n) is 5.56. The molecule has 0 fully saturated rings. The number of fused-ring (bicyclic) bond motifs is 1. The molecule has 168 valence electrons. The Morgan fingerprint density at radius 2 is 1.79 bits per heavy atom. The van der Waals surface area contributed by atoms with Gasteiger partial charge in [0.1, 0.15) is 17.6 Å². The van der Waals surface area contributed by atoms with Gasteiger partial charge in [-0.3, -0.25) is 9.59 Å². The number of carbonyl (C=O) groups is 2. The van der Waals surface area contributed by atoms with Crippen LogP contribution in [0.5, 0.6) is 5.75 Å². The number of hydrogen-bond donors (Lipinski definition) is 3. The molecule has 0 spiro atoms. The highest BCUT2D eigenvalue weighted by atomic mass is 19.1. The fraction of sp³-hybridized carbons (Fsp3) is 0.154. The summed E-state index contributed by atoms with van der Waals surface area (Å²) in [5.74, 6) is -0.906. The van der Waals surface area contributed by atoms with E-state index in [1.165, 1.54) is 29.2 Å². The molecule has 1 aromatic heterocycles. The molecule has 0 aliphatic rings. The minimum Gasteiger partial charge on any atom is -0.508 e. The molecule has 4 aromatic rings. The van der Waals surface area contributed by atoms with Crippen LogP contribution in [0.25, 0.3) is 10.9 Å². The number of aromatic nitrogens is 1. The smallest absolute Gasteiger partial charge is 0.249 e. The Bertz CT molecular complexity index is 1270. The number of halogens is 1. The molecular weight excluding hydrogens is 421 g/mol. The first-order valence-electron chi connectivity index (χ1n) is 10.6. The van der Waals surface area contributed by atoms with Crippen molar-refractivity contribution >= 4 is 28.4 Å². The van der Waals surface area contributed by atoms with E-state index >= 15 is 0 Å². The first kappa shape index (κ1) is 22.1. The standard InChI is InChI=1S/C26H24FN3O3/c1-30(20-9-7-19(27)8-10-20)26(33)24(13-17-5-3-2-4-6-17)29-25(32)14-18-16-28-23-12-11-21(31)15-22(18)23/h2-12,15-16,24,28,31H,13-14H2,1H3,(H,29,32)/t24-/m0/s1. The number of phenols is 1. The van der Waals surface area contributed by atoms with Crippen LogP contribution in [0, 0.1) is 5.82 Å². The Morgan fingerprint density at radius 1 is 1.06 bits per heavy atom. The quantitative estimate of drug-likeness (QED) is 0.403. The number of H-pyrrole nitrogens is 1. The molecule has 4 rings (SSSR count). The molecule has 0 bridgehead atoms. The van der Waals surface area contributed by atoms with Crippen LogP contribution in [0.2, 0.25) is 0 Å². The van der Waals surface area contributed by atoms with Crippen molar-refractivity contribution in [1.82, 2.24) is 10.3 Å². The lowest BCUT2D eigenvalue weighted by molar-refractivity contribution is -0.127. The van der Waals surface area contributed by atoms with Gasteiger partial charge in [-0.15, -0.1) is 0 Å². The van der Waals surface area contributed by atoms with Gasteiger partial charge in [-0.25, -0.2) is 4.39 Å². The monoisotopic (exact) mass is 445 g/mol. The van der Waals surface area contributed by atoms with Crippen molar-refractivity contribution < 1.29 is 19.1 Å². The van der Waals surface area contributed by atoms with Gasteiger partial charge in [0.25, 0.3) is 0 Å². The zero-order valence-corrected chi connectivity index (χ0v) is 18.1. The Labute approximate surface area is 190 Å². The number of aromatic amines is 1. The number of carbonyl (C=O) groups excluding carboxylic acids is 2. The summed E-state index contributed by atoms with van der Waals surface area (Å²) in [5, 5.41) is 13.4. The molecule has 0 aliphatic carbocycles. The first-order chi connectivity index (χ1) is 15.9. The van der Waals surface area contributed by atoms with Crippen molar-refractivity contribution in [2.75, 3.05) is 11.9 Å². The number of phenolic OH excluding ortho intramolecular Hbond substituents is 1. The molecule has 0 saturated heterocycles. The van der Waals surface area contributed by atoms with Gasteiger partial charge in [0.05, 0.1) is 6.42 Å². The summed E-state index contributed by atoms with van der Waals surface area (Å²) < 4.78 is 13.3. The molecule has 1 heterocycles. The van der Waals surface area contributed by atoms with Gasteiger partial charge in [-0.1, -0.05) is 30.3 Å². The molecule has 3 N–H and O–H groups in total. The van der Waals surface area contributed by atoms with E-state index < -0.39 is 11.9 Å². The van der Waals surface area contributed by atoms with Crippen LogP contribution < -0.4 is 10.2 Å². The van der Waals surface area contributed by atoms with Crippen molar-refractivity contribution in [3.63, 3.8) is 0 Å². The largest absolute Gasteiger partial charge is 0.508 e. The lowest BCUT2D eigenvalue weighted by Crippen LogP contribution is -2.49. The first-order valence-corrected chi connectivity index (χ1v) is 10.6. The highest BCUT2D eigenvalue weighted by Gasteiger charge is 2.25. The zero-order chi connectivity index (χ0) is 23.4. The van der Waals surface area contributed by atoms with Gasteiger partial charge < -0.3 is 20.3 Å². The number of nitrogens with one attached hydrogen (secondary N) is 2. The molecular formula is C26H24FN3O3. The average molecular weight is 445 g/mol. The maximum atomic E-state index is 13.3.